The second-order valence-electron chi connectivity index (χ2n) is 4.57. The second kappa shape index (κ2) is 6.99. The fraction of sp³-hybridized carbons (Fsp3) is 0.0769. The number of aromatic nitrogens is 2. The van der Waals surface area contributed by atoms with Crippen LogP contribution in [0.25, 0.3) is 0 Å². The minimum absolute atomic E-state index is 0.0310. The summed E-state index contributed by atoms with van der Waals surface area (Å²) in [4.78, 5) is 30.7. The first-order chi connectivity index (χ1) is 11.1. The summed E-state index contributed by atoms with van der Waals surface area (Å²) in [6, 6.07) is 4.39. The van der Waals surface area contributed by atoms with Gasteiger partial charge in [0.2, 0.25) is 15.0 Å². The van der Waals surface area contributed by atoms with E-state index in [4.69, 9.17) is 11.6 Å². The SMILES string of the molecule is CS(=O)(=O)c1ncc(Cl)c(C(=O)Nc2ccc(I)cc2C(=O)O)n1. The quantitative estimate of drug-likeness (QED) is 0.506. The highest BCUT2D eigenvalue weighted by atomic mass is 127. The smallest absolute Gasteiger partial charge is 0.337 e. The van der Waals surface area contributed by atoms with E-state index in [9.17, 15) is 23.1 Å². The lowest BCUT2D eigenvalue weighted by Crippen LogP contribution is -2.18. The third-order valence-electron chi connectivity index (χ3n) is 2.73. The number of nitrogens with one attached hydrogen (secondary N) is 1. The number of sulfone groups is 1. The van der Waals surface area contributed by atoms with Crippen molar-refractivity contribution in [3.63, 3.8) is 0 Å². The maximum Gasteiger partial charge on any atom is 0.337 e. The van der Waals surface area contributed by atoms with Crippen LogP contribution in [0, 0.1) is 3.57 Å². The minimum atomic E-state index is -3.73. The van der Waals surface area contributed by atoms with Crippen LogP contribution < -0.4 is 5.32 Å². The van der Waals surface area contributed by atoms with Gasteiger partial charge in [0.05, 0.1) is 22.5 Å². The number of aromatic carboxylic acids is 1. The summed E-state index contributed by atoms with van der Waals surface area (Å²) in [7, 11) is -3.73. The first kappa shape index (κ1) is 18.5. The molecule has 0 bridgehead atoms. The Morgan fingerprint density at radius 1 is 1.33 bits per heavy atom. The summed E-state index contributed by atoms with van der Waals surface area (Å²) in [5, 5.41) is 10.8. The molecular weight excluding hydrogens is 473 g/mol. The summed E-state index contributed by atoms with van der Waals surface area (Å²) in [6.45, 7) is 0. The van der Waals surface area contributed by atoms with Gasteiger partial charge in [0, 0.05) is 9.83 Å². The van der Waals surface area contributed by atoms with E-state index >= 15 is 0 Å². The van der Waals surface area contributed by atoms with Gasteiger partial charge in [0.25, 0.3) is 5.91 Å². The summed E-state index contributed by atoms with van der Waals surface area (Å²) >= 11 is 7.77. The molecule has 0 aliphatic carbocycles. The summed E-state index contributed by atoms with van der Waals surface area (Å²) in [6.07, 6.45) is 1.88. The van der Waals surface area contributed by atoms with E-state index in [2.05, 4.69) is 15.3 Å². The highest BCUT2D eigenvalue weighted by Gasteiger charge is 2.20. The normalized spacial score (nSPS) is 11.1. The summed E-state index contributed by atoms with van der Waals surface area (Å²) in [5.74, 6) is -2.08. The molecule has 2 N–H and O–H groups in total. The van der Waals surface area contributed by atoms with E-state index in [0.717, 1.165) is 12.5 Å². The molecule has 1 amide bonds. The van der Waals surface area contributed by atoms with Crippen molar-refractivity contribution in [2.75, 3.05) is 11.6 Å². The number of amides is 1. The minimum Gasteiger partial charge on any atom is -0.478 e. The van der Waals surface area contributed by atoms with Crippen LogP contribution in [0.5, 0.6) is 0 Å². The van der Waals surface area contributed by atoms with Crippen LogP contribution in [0.1, 0.15) is 20.8 Å². The van der Waals surface area contributed by atoms with Gasteiger partial charge in [0.15, 0.2) is 5.69 Å². The van der Waals surface area contributed by atoms with Crippen LogP contribution in [0.3, 0.4) is 0 Å². The lowest BCUT2D eigenvalue weighted by molar-refractivity contribution is 0.0698. The number of carboxylic acid groups (broad SMARTS) is 1. The van der Waals surface area contributed by atoms with Crippen molar-refractivity contribution in [3.8, 4) is 0 Å². The molecule has 8 nitrogen and oxygen atoms in total. The summed E-state index contributed by atoms with van der Waals surface area (Å²) in [5.41, 5.74) is -0.464. The number of hydrogen-bond acceptors (Lipinski definition) is 6. The maximum atomic E-state index is 12.3. The summed E-state index contributed by atoms with van der Waals surface area (Å²) < 4.78 is 23.6. The number of rotatable bonds is 4. The monoisotopic (exact) mass is 481 g/mol. The zero-order chi connectivity index (χ0) is 18.1. The molecule has 0 aliphatic heterocycles. The molecule has 0 atom stereocenters. The standard InChI is InChI=1S/C13H9ClIN3O5S/c1-24(22,23)13-16-5-8(14)10(18-13)11(19)17-9-3-2-6(15)4-7(9)12(20)21/h2-5H,1H3,(H,17,19)(H,20,21). The van der Waals surface area contributed by atoms with Crippen LogP contribution in [0.15, 0.2) is 29.6 Å². The molecule has 1 heterocycles. The highest BCUT2D eigenvalue weighted by Crippen LogP contribution is 2.21. The van der Waals surface area contributed by atoms with Gasteiger partial charge in [0.1, 0.15) is 0 Å². The lowest BCUT2D eigenvalue weighted by Gasteiger charge is -2.10. The van der Waals surface area contributed by atoms with Crippen LogP contribution in [-0.2, 0) is 9.84 Å². The van der Waals surface area contributed by atoms with Gasteiger partial charge in [-0.2, -0.15) is 0 Å². The van der Waals surface area contributed by atoms with Crippen molar-refractivity contribution in [1.82, 2.24) is 9.97 Å². The number of anilines is 1. The number of benzene rings is 1. The highest BCUT2D eigenvalue weighted by molar-refractivity contribution is 14.1. The van der Waals surface area contributed by atoms with Crippen LogP contribution >= 0.6 is 34.2 Å². The van der Waals surface area contributed by atoms with E-state index in [0.29, 0.717) is 3.57 Å². The molecule has 2 aromatic rings. The Bertz CT molecular complexity index is 949. The molecule has 24 heavy (non-hydrogen) atoms. The van der Waals surface area contributed by atoms with E-state index in [1.807, 2.05) is 22.6 Å². The maximum absolute atomic E-state index is 12.3. The molecule has 1 aromatic carbocycles. The van der Waals surface area contributed by atoms with Gasteiger partial charge in [-0.15, -0.1) is 0 Å². The Morgan fingerprint density at radius 3 is 2.58 bits per heavy atom. The first-order valence-corrected chi connectivity index (χ1v) is 9.51. The fourth-order valence-electron chi connectivity index (χ4n) is 1.67. The number of carbonyl (C=O) groups is 2. The molecule has 0 aliphatic rings. The van der Waals surface area contributed by atoms with Crippen molar-refractivity contribution in [2.45, 2.75) is 5.16 Å². The number of carbonyl (C=O) groups excluding carboxylic acids is 1. The zero-order valence-corrected chi connectivity index (χ0v) is 15.7. The van der Waals surface area contributed by atoms with Crippen LogP contribution in [0.2, 0.25) is 5.02 Å². The molecule has 0 spiro atoms. The van der Waals surface area contributed by atoms with Crippen molar-refractivity contribution in [3.05, 3.63) is 44.2 Å². The Morgan fingerprint density at radius 2 is 2.00 bits per heavy atom. The molecule has 0 saturated carbocycles. The largest absolute Gasteiger partial charge is 0.478 e. The Hall–Kier alpha value is -1.79. The first-order valence-electron chi connectivity index (χ1n) is 6.16. The van der Waals surface area contributed by atoms with E-state index < -0.39 is 26.9 Å². The van der Waals surface area contributed by atoms with Crippen molar-refractivity contribution in [2.24, 2.45) is 0 Å². The van der Waals surface area contributed by atoms with Crippen molar-refractivity contribution < 1.29 is 23.1 Å². The number of nitrogens with zero attached hydrogens (tertiary/aromatic N) is 2. The molecule has 11 heteroatoms. The molecular formula is C13H9ClIN3O5S. The van der Waals surface area contributed by atoms with Gasteiger partial charge < -0.3 is 10.4 Å². The number of halogens is 2. The average Bonchev–Trinajstić information content (AvgIpc) is 2.48. The molecule has 126 valence electrons. The van der Waals surface area contributed by atoms with Gasteiger partial charge in [-0.25, -0.2) is 23.2 Å². The molecule has 0 fully saturated rings. The molecule has 0 unspecified atom stereocenters. The van der Waals surface area contributed by atoms with E-state index in [1.165, 1.54) is 12.1 Å². The lowest BCUT2D eigenvalue weighted by atomic mass is 10.1. The fourth-order valence-corrected chi connectivity index (χ4v) is 2.84. The Balaban J connectivity index is 2.43. The van der Waals surface area contributed by atoms with Gasteiger partial charge in [-0.3, -0.25) is 4.79 Å². The predicted octanol–water partition coefficient (Wildman–Crippen LogP) is 2.09. The van der Waals surface area contributed by atoms with Crippen LogP contribution in [-0.4, -0.2) is 41.6 Å². The van der Waals surface area contributed by atoms with Gasteiger partial charge in [-0.05, 0) is 40.8 Å². The zero-order valence-electron chi connectivity index (χ0n) is 11.9. The van der Waals surface area contributed by atoms with E-state index in [1.54, 1.807) is 6.07 Å². The van der Waals surface area contributed by atoms with Crippen LogP contribution in [0.4, 0.5) is 5.69 Å². The molecule has 0 saturated heterocycles. The topological polar surface area (TPSA) is 126 Å². The third-order valence-corrected chi connectivity index (χ3v) is 4.54. The second-order valence-corrected chi connectivity index (χ2v) is 8.13. The number of hydrogen-bond donors (Lipinski definition) is 2. The third kappa shape index (κ3) is 4.19. The van der Waals surface area contributed by atoms with Crippen molar-refractivity contribution in [1.29, 1.82) is 0 Å². The van der Waals surface area contributed by atoms with Crippen molar-refractivity contribution >= 4 is 61.6 Å². The Kier molecular flexibility index (Phi) is 5.40. The number of carboxylic acids is 1. The average molecular weight is 482 g/mol. The van der Waals surface area contributed by atoms with Gasteiger partial charge in [-0.1, -0.05) is 11.6 Å². The van der Waals surface area contributed by atoms with E-state index in [-0.39, 0.29) is 22.0 Å². The van der Waals surface area contributed by atoms with Gasteiger partial charge >= 0.3 is 5.97 Å². The molecule has 1 aromatic heterocycles. The Labute approximate surface area is 155 Å². The predicted molar refractivity (Wildman–Crippen MR) is 94.2 cm³/mol. The molecule has 0 radical (unpaired) electrons. The molecule has 2 rings (SSSR count).